The van der Waals surface area contributed by atoms with Crippen LogP contribution >= 0.6 is 0 Å². The summed E-state index contributed by atoms with van der Waals surface area (Å²) in [5.74, 6) is -1.37. The van der Waals surface area contributed by atoms with Gasteiger partial charge in [-0.1, -0.05) is 43.3 Å². The number of allylic oxidation sites excluding steroid dienone is 3. The van der Waals surface area contributed by atoms with E-state index in [1.54, 1.807) is 24.3 Å². The van der Waals surface area contributed by atoms with Gasteiger partial charge in [-0.05, 0) is 23.6 Å². The molecule has 41 heavy (non-hydrogen) atoms. The Bertz CT molecular complexity index is 1420. The van der Waals surface area contributed by atoms with E-state index >= 15 is 0 Å². The Kier molecular flexibility index (Phi) is 8.17. The van der Waals surface area contributed by atoms with Gasteiger partial charge >= 0.3 is 12.4 Å². The van der Waals surface area contributed by atoms with E-state index in [2.05, 4.69) is 31.0 Å². The van der Waals surface area contributed by atoms with E-state index in [0.29, 0.717) is 30.1 Å². The number of halogens is 6. The van der Waals surface area contributed by atoms with Crippen LogP contribution in [0, 0.1) is 11.3 Å². The van der Waals surface area contributed by atoms with Gasteiger partial charge in [0.2, 0.25) is 17.6 Å². The highest BCUT2D eigenvalue weighted by Gasteiger charge is 2.37. The second-order valence-corrected chi connectivity index (χ2v) is 10.2. The third-order valence-corrected chi connectivity index (χ3v) is 6.19. The maximum Gasteiger partial charge on any atom is 0.416 e. The molecule has 2 aliphatic rings. The topological polar surface area (TPSA) is 122 Å². The number of azo groups is 1. The molecule has 9 nitrogen and oxygen atoms in total. The first-order valence-corrected chi connectivity index (χ1v) is 12.3. The summed E-state index contributed by atoms with van der Waals surface area (Å²) >= 11 is 0. The van der Waals surface area contributed by atoms with Gasteiger partial charge in [0, 0.05) is 37.1 Å². The number of aryl methyl sites for hydroxylation is 1. The fourth-order valence-corrected chi connectivity index (χ4v) is 3.93. The van der Waals surface area contributed by atoms with Gasteiger partial charge in [-0.2, -0.15) is 31.3 Å². The summed E-state index contributed by atoms with van der Waals surface area (Å²) in [7, 11) is 0. The number of benzene rings is 1. The van der Waals surface area contributed by atoms with E-state index in [0.717, 1.165) is 0 Å². The van der Waals surface area contributed by atoms with Crippen molar-refractivity contribution in [1.29, 1.82) is 0 Å². The molecule has 0 radical (unpaired) electrons. The number of aromatic nitrogens is 2. The number of carbonyl (C=O) groups excluding carboxylic acids is 2. The fourth-order valence-electron chi connectivity index (χ4n) is 3.93. The van der Waals surface area contributed by atoms with Crippen LogP contribution in [-0.2, 0) is 28.4 Å². The summed E-state index contributed by atoms with van der Waals surface area (Å²) in [6, 6.07) is 1.000. The number of nitrogens with zero attached hydrogens (tertiary/aromatic N) is 4. The van der Waals surface area contributed by atoms with Crippen LogP contribution in [0.5, 0.6) is 0 Å². The van der Waals surface area contributed by atoms with Crippen LogP contribution in [0.15, 0.2) is 68.6 Å². The van der Waals surface area contributed by atoms with Crippen molar-refractivity contribution in [2.75, 3.05) is 13.1 Å². The first-order chi connectivity index (χ1) is 19.1. The van der Waals surface area contributed by atoms with Crippen molar-refractivity contribution in [2.45, 2.75) is 39.0 Å². The van der Waals surface area contributed by atoms with Crippen molar-refractivity contribution in [3.05, 3.63) is 70.9 Å². The highest BCUT2D eigenvalue weighted by Crippen LogP contribution is 2.38. The average Bonchev–Trinajstić information content (AvgIpc) is 3.39. The summed E-state index contributed by atoms with van der Waals surface area (Å²) in [6.07, 6.45) is -3.19. The Morgan fingerprint density at radius 1 is 0.976 bits per heavy atom. The number of carbonyl (C=O) groups is 2. The highest BCUT2D eigenvalue weighted by atomic mass is 19.4. The zero-order valence-corrected chi connectivity index (χ0v) is 21.7. The van der Waals surface area contributed by atoms with Gasteiger partial charge in [-0.15, -0.1) is 10.2 Å². The largest absolute Gasteiger partial charge is 0.416 e. The van der Waals surface area contributed by atoms with Crippen molar-refractivity contribution in [3.8, 4) is 11.4 Å². The van der Waals surface area contributed by atoms with Crippen LogP contribution in [0.4, 0.5) is 26.3 Å². The first-order valence-electron chi connectivity index (χ1n) is 12.3. The molecule has 218 valence electrons. The SMILES string of the molecule is CC(C)(CNC(=O)CCc1nc(-c2cc(C(F)(F)F)cc(C(F)(F)F)c2)no1)CNC1=C2C=CC=CC2C(=O)N=N1. The lowest BCUT2D eigenvalue weighted by molar-refractivity contribution is -0.143. The van der Waals surface area contributed by atoms with Crippen molar-refractivity contribution >= 4 is 11.8 Å². The number of amides is 2. The van der Waals surface area contributed by atoms with Crippen molar-refractivity contribution in [3.63, 3.8) is 0 Å². The predicted octanol–water partition coefficient (Wildman–Crippen LogP) is 5.39. The average molecular weight is 583 g/mol. The molecule has 2 amide bonds. The lowest BCUT2D eigenvalue weighted by Gasteiger charge is -2.27. The van der Waals surface area contributed by atoms with Crippen molar-refractivity contribution in [1.82, 2.24) is 20.8 Å². The van der Waals surface area contributed by atoms with E-state index < -0.39 is 46.2 Å². The maximum absolute atomic E-state index is 13.1. The lowest BCUT2D eigenvalue weighted by Crippen LogP contribution is -2.40. The van der Waals surface area contributed by atoms with Gasteiger partial charge in [0.05, 0.1) is 17.0 Å². The number of alkyl halides is 6. The van der Waals surface area contributed by atoms with Gasteiger partial charge in [-0.25, -0.2) is 0 Å². The standard InChI is InChI=1S/C26H24F6N6O3/c1-24(2,13-34-22-17-5-3-4-6-18(17)23(40)37-36-22)12-33-19(39)7-8-20-35-21(38-41-20)14-9-15(25(27,28)29)11-16(10-14)26(30,31)32/h3-6,9-11,18,34H,7-8,12-13H2,1-2H3,(H,33,39). The molecule has 2 heterocycles. The second kappa shape index (κ2) is 11.3. The van der Waals surface area contributed by atoms with Crippen molar-refractivity contribution < 1.29 is 40.5 Å². The van der Waals surface area contributed by atoms with Gasteiger partial charge < -0.3 is 15.2 Å². The van der Waals surface area contributed by atoms with Crippen LogP contribution in [-0.4, -0.2) is 35.0 Å². The molecular weight excluding hydrogens is 558 g/mol. The number of hydrogen-bond donors (Lipinski definition) is 2. The molecule has 0 saturated heterocycles. The smallest absolute Gasteiger partial charge is 0.368 e. The molecule has 1 atom stereocenters. The molecule has 4 rings (SSSR count). The molecule has 0 bridgehead atoms. The minimum atomic E-state index is -5.02. The number of rotatable bonds is 9. The highest BCUT2D eigenvalue weighted by molar-refractivity contribution is 5.86. The Hall–Kier alpha value is -4.30. The minimum absolute atomic E-state index is 0.00463. The lowest BCUT2D eigenvalue weighted by atomic mass is 9.91. The summed E-state index contributed by atoms with van der Waals surface area (Å²) in [5.41, 5.74) is -3.29. The van der Waals surface area contributed by atoms with Crippen LogP contribution in [0.3, 0.4) is 0 Å². The Morgan fingerprint density at radius 3 is 2.32 bits per heavy atom. The molecular formula is C26H24F6N6O3. The molecule has 1 aromatic carbocycles. The number of hydrogen-bond acceptors (Lipinski definition) is 7. The monoisotopic (exact) mass is 582 g/mol. The second-order valence-electron chi connectivity index (χ2n) is 10.2. The molecule has 0 spiro atoms. The summed E-state index contributed by atoms with van der Waals surface area (Å²) < 4.78 is 83.8. The van der Waals surface area contributed by atoms with Gasteiger partial charge in [0.15, 0.2) is 5.82 Å². The zero-order chi connectivity index (χ0) is 30.0. The third kappa shape index (κ3) is 7.46. The van der Waals surface area contributed by atoms with Crippen molar-refractivity contribution in [2.24, 2.45) is 21.6 Å². The maximum atomic E-state index is 13.1. The van der Waals surface area contributed by atoms with E-state index in [9.17, 15) is 35.9 Å². The van der Waals surface area contributed by atoms with E-state index in [1.165, 1.54) is 0 Å². The quantitative estimate of drug-likeness (QED) is 0.383. The summed E-state index contributed by atoms with van der Waals surface area (Å²) in [4.78, 5) is 28.2. The Labute approximate surface area is 229 Å². The molecule has 1 aromatic heterocycles. The summed E-state index contributed by atoms with van der Waals surface area (Å²) in [5, 5.41) is 17.0. The van der Waals surface area contributed by atoms with Gasteiger partial charge in [-0.3, -0.25) is 9.59 Å². The molecule has 2 N–H and O–H groups in total. The first kappa shape index (κ1) is 29.7. The molecule has 0 fully saturated rings. The van der Waals surface area contributed by atoms with E-state index in [-0.39, 0.29) is 43.2 Å². The van der Waals surface area contributed by atoms with E-state index in [1.807, 2.05) is 13.8 Å². The molecule has 1 aliphatic carbocycles. The Morgan fingerprint density at radius 2 is 1.66 bits per heavy atom. The summed E-state index contributed by atoms with van der Waals surface area (Å²) in [6.45, 7) is 4.41. The van der Waals surface area contributed by atoms with Crippen LogP contribution in [0.25, 0.3) is 11.4 Å². The normalized spacial score (nSPS) is 17.2. The van der Waals surface area contributed by atoms with Gasteiger partial charge in [0.25, 0.3) is 5.91 Å². The molecule has 1 unspecified atom stereocenters. The van der Waals surface area contributed by atoms with E-state index in [4.69, 9.17) is 4.52 Å². The third-order valence-electron chi connectivity index (χ3n) is 6.19. The van der Waals surface area contributed by atoms with Crippen LogP contribution in [0.1, 0.15) is 37.3 Å². The van der Waals surface area contributed by atoms with Crippen LogP contribution in [0.2, 0.25) is 0 Å². The molecule has 15 heteroatoms. The van der Waals surface area contributed by atoms with Crippen LogP contribution < -0.4 is 10.6 Å². The Balaban J connectivity index is 1.32. The number of nitrogens with one attached hydrogen (secondary N) is 2. The zero-order valence-electron chi connectivity index (χ0n) is 21.7. The molecule has 0 saturated carbocycles. The number of fused-ring (bicyclic) bond motifs is 1. The predicted molar refractivity (Wildman–Crippen MR) is 132 cm³/mol. The molecule has 1 aliphatic heterocycles. The fraction of sp³-hybridized carbons (Fsp3) is 0.385. The minimum Gasteiger partial charge on any atom is -0.368 e. The molecule has 2 aromatic rings. The van der Waals surface area contributed by atoms with Gasteiger partial charge in [0.1, 0.15) is 0 Å².